The van der Waals surface area contributed by atoms with E-state index in [0.717, 1.165) is 5.56 Å². The number of nitrogens with zero attached hydrogens (tertiary/aromatic N) is 3. The summed E-state index contributed by atoms with van der Waals surface area (Å²) in [6.07, 6.45) is 2.55. The van der Waals surface area contributed by atoms with E-state index in [1.54, 1.807) is 29.3 Å². The fraction of sp³-hybridized carbons (Fsp3) is 0.304. The van der Waals surface area contributed by atoms with E-state index in [2.05, 4.69) is 4.98 Å². The van der Waals surface area contributed by atoms with Crippen LogP contribution in [-0.2, 0) is 16.1 Å². The van der Waals surface area contributed by atoms with Crippen LogP contribution in [0.1, 0.15) is 36.2 Å². The number of aldehydes is 1. The second-order valence-corrected chi connectivity index (χ2v) is 7.48. The molecule has 3 aromatic rings. The smallest absolute Gasteiger partial charge is 0.328 e. The number of pyridine rings is 1. The Morgan fingerprint density at radius 1 is 1.17 bits per heavy atom. The molecule has 30 heavy (non-hydrogen) atoms. The molecule has 0 aliphatic rings. The van der Waals surface area contributed by atoms with Gasteiger partial charge in [-0.3, -0.25) is 14.0 Å². The number of carbonyl (C=O) groups excluding carboxylic acids is 2. The van der Waals surface area contributed by atoms with Crippen molar-refractivity contribution >= 4 is 23.7 Å². The quantitative estimate of drug-likeness (QED) is 0.422. The molecule has 0 aliphatic heterocycles. The van der Waals surface area contributed by atoms with Gasteiger partial charge in [0.05, 0.1) is 7.11 Å². The maximum atomic E-state index is 13.0. The summed E-state index contributed by atoms with van der Waals surface area (Å²) in [5.74, 6) is -0.0822. The van der Waals surface area contributed by atoms with E-state index in [9.17, 15) is 14.4 Å². The minimum Gasteiger partial charge on any atom is -0.467 e. The third-order valence-corrected chi connectivity index (χ3v) is 4.88. The summed E-state index contributed by atoms with van der Waals surface area (Å²) >= 11 is 0. The molecule has 0 aliphatic carbocycles. The van der Waals surface area contributed by atoms with Gasteiger partial charge in [0.15, 0.2) is 6.29 Å². The summed E-state index contributed by atoms with van der Waals surface area (Å²) in [4.78, 5) is 44.0. The van der Waals surface area contributed by atoms with E-state index in [0.29, 0.717) is 24.9 Å². The number of esters is 1. The van der Waals surface area contributed by atoms with Crippen molar-refractivity contribution in [2.75, 3.05) is 12.0 Å². The molecular weight excluding hydrogens is 382 g/mol. The predicted molar refractivity (Wildman–Crippen MR) is 115 cm³/mol. The Balaban J connectivity index is 2.24. The lowest BCUT2D eigenvalue weighted by molar-refractivity contribution is -0.142. The van der Waals surface area contributed by atoms with Gasteiger partial charge in [0.25, 0.3) is 5.56 Å². The van der Waals surface area contributed by atoms with E-state index >= 15 is 0 Å². The summed E-state index contributed by atoms with van der Waals surface area (Å²) in [5.41, 5.74) is 0.750. The minimum absolute atomic E-state index is 0.0905. The highest BCUT2D eigenvalue weighted by Crippen LogP contribution is 2.25. The largest absolute Gasteiger partial charge is 0.467 e. The van der Waals surface area contributed by atoms with Crippen LogP contribution in [0.3, 0.4) is 0 Å². The third kappa shape index (κ3) is 4.40. The summed E-state index contributed by atoms with van der Waals surface area (Å²) in [6, 6.07) is 14.0. The number of anilines is 1. The van der Waals surface area contributed by atoms with E-state index < -0.39 is 17.6 Å². The van der Waals surface area contributed by atoms with Crippen LogP contribution in [0.15, 0.2) is 59.5 Å². The van der Waals surface area contributed by atoms with Crippen LogP contribution in [0.4, 0.5) is 5.82 Å². The molecule has 0 N–H and O–H groups in total. The molecule has 3 rings (SSSR count). The van der Waals surface area contributed by atoms with Gasteiger partial charge in [-0.2, -0.15) is 0 Å². The number of hydrogen-bond donors (Lipinski definition) is 0. The zero-order valence-corrected chi connectivity index (χ0v) is 17.3. The lowest BCUT2D eigenvalue weighted by Crippen LogP contribution is -2.44. The molecule has 1 aromatic carbocycles. The zero-order chi connectivity index (χ0) is 21.7. The Hall–Kier alpha value is -3.48. The minimum atomic E-state index is -0.702. The van der Waals surface area contributed by atoms with Crippen LogP contribution in [0.25, 0.3) is 5.65 Å². The Morgan fingerprint density at radius 2 is 1.87 bits per heavy atom. The number of carbonyl (C=O) groups is 2. The molecule has 0 spiro atoms. The fourth-order valence-corrected chi connectivity index (χ4v) is 3.46. The topological polar surface area (TPSA) is 81.0 Å². The molecular formula is C23H25N3O4. The molecule has 0 saturated heterocycles. The van der Waals surface area contributed by atoms with E-state index in [-0.39, 0.29) is 17.3 Å². The molecule has 0 bridgehead atoms. The van der Waals surface area contributed by atoms with Crippen LogP contribution >= 0.6 is 0 Å². The van der Waals surface area contributed by atoms with Crippen molar-refractivity contribution in [3.8, 4) is 0 Å². The Kier molecular flexibility index (Phi) is 6.61. The number of rotatable bonds is 8. The Bertz CT molecular complexity index is 1090. The van der Waals surface area contributed by atoms with Crippen LogP contribution < -0.4 is 10.5 Å². The Morgan fingerprint density at radius 3 is 2.50 bits per heavy atom. The molecule has 0 fully saturated rings. The zero-order valence-electron chi connectivity index (χ0n) is 17.3. The summed E-state index contributed by atoms with van der Waals surface area (Å²) in [7, 11) is 1.33. The van der Waals surface area contributed by atoms with E-state index in [1.807, 2.05) is 44.2 Å². The van der Waals surface area contributed by atoms with Gasteiger partial charge in [0.1, 0.15) is 23.1 Å². The molecule has 0 amide bonds. The van der Waals surface area contributed by atoms with Crippen molar-refractivity contribution in [1.29, 1.82) is 0 Å². The van der Waals surface area contributed by atoms with Crippen LogP contribution in [-0.4, -0.2) is 34.8 Å². The molecule has 1 unspecified atom stereocenters. The first-order chi connectivity index (χ1) is 14.5. The number of fused-ring (bicyclic) bond motifs is 1. The normalized spacial score (nSPS) is 12.0. The van der Waals surface area contributed by atoms with Gasteiger partial charge in [0, 0.05) is 12.7 Å². The standard InChI is InChI=1S/C23H25N3O4/c1-16(2)13-19(23(29)30-3)26(14-17-9-5-4-6-10-17)21-18(15-27)22(28)25-12-8-7-11-20(25)24-21/h4-12,15-16,19H,13-14H2,1-3H3. The SMILES string of the molecule is COC(=O)C(CC(C)C)N(Cc1ccccc1)c1nc2ccccn2c(=O)c1C=O. The second kappa shape index (κ2) is 9.35. The summed E-state index contributed by atoms with van der Waals surface area (Å²) in [5, 5.41) is 0. The van der Waals surface area contributed by atoms with Crippen molar-refractivity contribution in [2.45, 2.75) is 32.9 Å². The molecule has 156 valence electrons. The van der Waals surface area contributed by atoms with Gasteiger partial charge in [-0.15, -0.1) is 0 Å². The Labute approximate surface area is 174 Å². The predicted octanol–water partition coefficient (Wildman–Crippen LogP) is 3.10. The van der Waals surface area contributed by atoms with E-state index in [4.69, 9.17) is 4.74 Å². The van der Waals surface area contributed by atoms with Crippen molar-refractivity contribution in [3.05, 3.63) is 76.2 Å². The number of ether oxygens (including phenoxy) is 1. The lowest BCUT2D eigenvalue weighted by Gasteiger charge is -2.32. The molecule has 2 heterocycles. The first-order valence-corrected chi connectivity index (χ1v) is 9.81. The van der Waals surface area contributed by atoms with Crippen LogP contribution in [0, 0.1) is 5.92 Å². The van der Waals surface area contributed by atoms with Crippen molar-refractivity contribution < 1.29 is 14.3 Å². The van der Waals surface area contributed by atoms with Gasteiger partial charge in [-0.1, -0.05) is 50.2 Å². The van der Waals surface area contributed by atoms with Gasteiger partial charge >= 0.3 is 5.97 Å². The van der Waals surface area contributed by atoms with Gasteiger partial charge in [-0.25, -0.2) is 9.78 Å². The highest BCUT2D eigenvalue weighted by Gasteiger charge is 2.31. The number of hydrogen-bond acceptors (Lipinski definition) is 6. The molecule has 7 heteroatoms. The highest BCUT2D eigenvalue weighted by atomic mass is 16.5. The van der Waals surface area contributed by atoms with Gasteiger partial charge in [0.2, 0.25) is 0 Å². The molecule has 2 aromatic heterocycles. The molecule has 0 saturated carbocycles. The maximum Gasteiger partial charge on any atom is 0.328 e. The van der Waals surface area contributed by atoms with Gasteiger partial charge in [-0.05, 0) is 30.0 Å². The highest BCUT2D eigenvalue weighted by molar-refractivity contribution is 5.86. The first kappa shape index (κ1) is 21.2. The number of benzene rings is 1. The average Bonchev–Trinajstić information content (AvgIpc) is 2.76. The van der Waals surface area contributed by atoms with Crippen molar-refractivity contribution in [2.24, 2.45) is 5.92 Å². The van der Waals surface area contributed by atoms with E-state index in [1.165, 1.54) is 11.5 Å². The maximum absolute atomic E-state index is 13.0. The number of aromatic nitrogens is 2. The monoisotopic (exact) mass is 407 g/mol. The summed E-state index contributed by atoms with van der Waals surface area (Å²) < 4.78 is 6.39. The summed E-state index contributed by atoms with van der Waals surface area (Å²) in [6.45, 7) is 4.30. The average molecular weight is 407 g/mol. The fourth-order valence-electron chi connectivity index (χ4n) is 3.46. The van der Waals surface area contributed by atoms with Gasteiger partial charge < -0.3 is 9.64 Å². The number of methoxy groups -OCH3 is 1. The van der Waals surface area contributed by atoms with Crippen molar-refractivity contribution in [1.82, 2.24) is 9.38 Å². The lowest BCUT2D eigenvalue weighted by atomic mass is 10.0. The first-order valence-electron chi connectivity index (χ1n) is 9.81. The molecule has 1 atom stereocenters. The second-order valence-electron chi connectivity index (χ2n) is 7.48. The van der Waals surface area contributed by atoms with Crippen LogP contribution in [0.2, 0.25) is 0 Å². The molecule has 0 radical (unpaired) electrons. The molecule has 7 nitrogen and oxygen atoms in total. The van der Waals surface area contributed by atoms with Crippen LogP contribution in [0.5, 0.6) is 0 Å². The third-order valence-electron chi connectivity index (χ3n) is 4.88. The van der Waals surface area contributed by atoms with Crippen molar-refractivity contribution in [3.63, 3.8) is 0 Å².